The van der Waals surface area contributed by atoms with Gasteiger partial charge >= 0.3 is 0 Å². The summed E-state index contributed by atoms with van der Waals surface area (Å²) in [4.78, 5) is 0. The lowest BCUT2D eigenvalue weighted by Crippen LogP contribution is -2.10. The first kappa shape index (κ1) is 9.84. The first-order chi connectivity index (χ1) is 5.61. The highest BCUT2D eigenvalue weighted by molar-refractivity contribution is 7.59. The molecule has 1 fully saturated rings. The molecule has 0 aromatic rings. The van der Waals surface area contributed by atoms with Crippen molar-refractivity contribution in [2.45, 2.75) is 26.9 Å². The molecule has 1 aliphatic rings. The molecule has 68 valence electrons. The third-order valence-corrected chi connectivity index (χ3v) is 4.86. The molecule has 1 heterocycles. The summed E-state index contributed by atoms with van der Waals surface area (Å²) in [7, 11) is -2.30. The van der Waals surface area contributed by atoms with Gasteiger partial charge in [-0.25, -0.2) is 0 Å². The van der Waals surface area contributed by atoms with Gasteiger partial charge in [0.05, 0.1) is 0 Å². The van der Waals surface area contributed by atoms with E-state index in [2.05, 4.69) is 11.8 Å². The Morgan fingerprint density at radius 3 is 2.75 bits per heavy atom. The second kappa shape index (κ2) is 3.64. The molecule has 0 radical (unpaired) electrons. The molecular formula is C9H15O2P. The fraction of sp³-hybridized carbons (Fsp3) is 0.778. The number of hydrogen-bond acceptors (Lipinski definition) is 2. The van der Waals surface area contributed by atoms with E-state index in [0.717, 1.165) is 0 Å². The molecule has 0 bridgehead atoms. The van der Waals surface area contributed by atoms with E-state index in [-0.39, 0.29) is 6.10 Å². The summed E-state index contributed by atoms with van der Waals surface area (Å²) in [5, 5.41) is 0. The van der Waals surface area contributed by atoms with E-state index >= 15 is 0 Å². The molecule has 1 rings (SSSR count). The van der Waals surface area contributed by atoms with Crippen LogP contribution in [0.15, 0.2) is 0 Å². The second-order valence-corrected chi connectivity index (χ2v) is 6.05. The van der Waals surface area contributed by atoms with E-state index < -0.39 is 7.37 Å². The van der Waals surface area contributed by atoms with Crippen molar-refractivity contribution in [3.8, 4) is 11.8 Å². The average Bonchev–Trinajstić information content (AvgIpc) is 2.30. The Morgan fingerprint density at radius 2 is 2.33 bits per heavy atom. The molecule has 1 saturated heterocycles. The van der Waals surface area contributed by atoms with E-state index in [1.807, 2.05) is 13.8 Å². The second-order valence-electron chi connectivity index (χ2n) is 3.21. The molecule has 0 N–H and O–H groups in total. The highest BCUT2D eigenvalue weighted by Crippen LogP contribution is 2.55. The number of rotatable bonds is 1. The summed E-state index contributed by atoms with van der Waals surface area (Å²) < 4.78 is 17.2. The van der Waals surface area contributed by atoms with Gasteiger partial charge in [-0.05, 0) is 6.92 Å². The maximum atomic E-state index is 11.8. The molecule has 3 atom stereocenters. The van der Waals surface area contributed by atoms with Crippen LogP contribution in [0.1, 0.15) is 20.8 Å². The Balaban J connectivity index is 2.72. The van der Waals surface area contributed by atoms with Crippen molar-refractivity contribution < 1.29 is 9.09 Å². The van der Waals surface area contributed by atoms with Crippen LogP contribution in [-0.2, 0) is 9.09 Å². The fourth-order valence-corrected chi connectivity index (χ4v) is 3.64. The SMILES string of the molecule is CC#CC1OP(=O)(CC)CC1C. The predicted octanol–water partition coefficient (Wildman–Crippen LogP) is 2.34. The first-order valence-corrected chi connectivity index (χ1v) is 6.29. The summed E-state index contributed by atoms with van der Waals surface area (Å²) in [5.74, 6) is 6.07. The molecule has 0 aliphatic carbocycles. The van der Waals surface area contributed by atoms with Crippen LogP contribution in [0.25, 0.3) is 0 Å². The van der Waals surface area contributed by atoms with E-state index in [9.17, 15) is 4.57 Å². The predicted molar refractivity (Wildman–Crippen MR) is 50.5 cm³/mol. The lowest BCUT2D eigenvalue weighted by atomic mass is 10.1. The molecule has 0 saturated carbocycles. The molecular weight excluding hydrogens is 171 g/mol. The van der Waals surface area contributed by atoms with E-state index in [1.54, 1.807) is 6.92 Å². The average molecular weight is 186 g/mol. The van der Waals surface area contributed by atoms with Crippen molar-refractivity contribution in [1.29, 1.82) is 0 Å². The van der Waals surface area contributed by atoms with Crippen molar-refractivity contribution >= 4 is 7.37 Å². The smallest absolute Gasteiger partial charge is 0.204 e. The van der Waals surface area contributed by atoms with Crippen molar-refractivity contribution in [3.63, 3.8) is 0 Å². The van der Waals surface area contributed by atoms with Gasteiger partial charge < -0.3 is 4.52 Å². The lowest BCUT2D eigenvalue weighted by Gasteiger charge is -2.07. The highest BCUT2D eigenvalue weighted by Gasteiger charge is 2.38. The lowest BCUT2D eigenvalue weighted by molar-refractivity contribution is 0.253. The van der Waals surface area contributed by atoms with Gasteiger partial charge in [0, 0.05) is 18.2 Å². The Labute approximate surface area is 74.1 Å². The minimum Gasteiger partial charge on any atom is -0.312 e. The molecule has 1 aliphatic heterocycles. The largest absolute Gasteiger partial charge is 0.312 e. The van der Waals surface area contributed by atoms with Crippen molar-refractivity contribution in [1.82, 2.24) is 0 Å². The Bertz CT molecular complexity index is 261. The van der Waals surface area contributed by atoms with Crippen LogP contribution in [0.3, 0.4) is 0 Å². The molecule has 2 nitrogen and oxygen atoms in total. The topological polar surface area (TPSA) is 26.3 Å². The van der Waals surface area contributed by atoms with Gasteiger partial charge in [-0.3, -0.25) is 4.57 Å². The van der Waals surface area contributed by atoms with E-state index in [4.69, 9.17) is 4.52 Å². The molecule has 0 aromatic carbocycles. The summed E-state index contributed by atoms with van der Waals surface area (Å²) >= 11 is 0. The van der Waals surface area contributed by atoms with E-state index in [1.165, 1.54) is 0 Å². The molecule has 3 unspecified atom stereocenters. The van der Waals surface area contributed by atoms with Crippen LogP contribution >= 0.6 is 7.37 Å². The Morgan fingerprint density at radius 1 is 1.67 bits per heavy atom. The van der Waals surface area contributed by atoms with Gasteiger partial charge in [-0.1, -0.05) is 19.8 Å². The van der Waals surface area contributed by atoms with Crippen LogP contribution in [-0.4, -0.2) is 18.4 Å². The molecule has 0 amide bonds. The summed E-state index contributed by atoms with van der Waals surface area (Å²) in [6, 6.07) is 0. The van der Waals surface area contributed by atoms with Gasteiger partial charge in [0.2, 0.25) is 7.37 Å². The minimum absolute atomic E-state index is 0.0965. The van der Waals surface area contributed by atoms with Crippen LogP contribution in [0, 0.1) is 17.8 Å². The third-order valence-electron chi connectivity index (χ3n) is 2.16. The maximum absolute atomic E-state index is 11.8. The van der Waals surface area contributed by atoms with Gasteiger partial charge in [0.25, 0.3) is 0 Å². The fourth-order valence-electron chi connectivity index (χ4n) is 1.40. The summed E-state index contributed by atoms with van der Waals surface area (Å²) in [6.45, 7) is 5.74. The van der Waals surface area contributed by atoms with Crippen molar-refractivity contribution in [2.75, 3.05) is 12.3 Å². The van der Waals surface area contributed by atoms with Crippen LogP contribution in [0.2, 0.25) is 0 Å². The van der Waals surface area contributed by atoms with Gasteiger partial charge in [-0.15, -0.1) is 5.92 Å². The third kappa shape index (κ3) is 1.91. The van der Waals surface area contributed by atoms with E-state index in [0.29, 0.717) is 18.2 Å². The zero-order chi connectivity index (χ0) is 9.19. The standard InChI is InChI=1S/C9H15O2P/c1-4-6-9-8(3)7-12(10,5-2)11-9/h8-9H,5,7H2,1-3H3. The van der Waals surface area contributed by atoms with Gasteiger partial charge in [0.15, 0.2) is 0 Å². The normalized spacial score (nSPS) is 40.6. The molecule has 3 heteroatoms. The Hall–Kier alpha value is -0.250. The van der Waals surface area contributed by atoms with Gasteiger partial charge in [0.1, 0.15) is 6.10 Å². The quantitative estimate of drug-likeness (QED) is 0.464. The highest BCUT2D eigenvalue weighted by atomic mass is 31.2. The van der Waals surface area contributed by atoms with Gasteiger partial charge in [-0.2, -0.15) is 0 Å². The zero-order valence-corrected chi connectivity index (χ0v) is 8.73. The monoisotopic (exact) mass is 186 g/mol. The number of hydrogen-bond donors (Lipinski definition) is 0. The van der Waals surface area contributed by atoms with Crippen LogP contribution in [0.5, 0.6) is 0 Å². The molecule has 0 aromatic heterocycles. The summed E-state index contributed by atoms with van der Waals surface area (Å²) in [6.07, 6.45) is 1.24. The Kier molecular flexibility index (Phi) is 2.99. The minimum atomic E-state index is -2.30. The summed E-state index contributed by atoms with van der Waals surface area (Å²) in [5.41, 5.74) is 0. The van der Waals surface area contributed by atoms with Crippen LogP contribution < -0.4 is 0 Å². The maximum Gasteiger partial charge on any atom is 0.204 e. The van der Waals surface area contributed by atoms with Crippen molar-refractivity contribution in [2.24, 2.45) is 5.92 Å². The molecule has 0 spiro atoms. The first-order valence-electron chi connectivity index (χ1n) is 4.30. The molecule has 12 heavy (non-hydrogen) atoms. The van der Waals surface area contributed by atoms with Crippen LogP contribution in [0.4, 0.5) is 0 Å². The zero-order valence-electron chi connectivity index (χ0n) is 7.83. The van der Waals surface area contributed by atoms with Crippen molar-refractivity contribution in [3.05, 3.63) is 0 Å².